The van der Waals surface area contributed by atoms with Gasteiger partial charge in [0.15, 0.2) is 0 Å². The third kappa shape index (κ3) is 4.42. The SMILES string of the molecule is Cc1ccc(S(=O)(=O)Nc2cc(C(=O)O)ccc2N2CCC[C@H](C)C2)cc1. The fourth-order valence-electron chi connectivity index (χ4n) is 3.36. The van der Waals surface area contributed by atoms with Crippen molar-refractivity contribution in [2.24, 2.45) is 5.92 Å². The number of carbonyl (C=O) groups is 1. The highest BCUT2D eigenvalue weighted by molar-refractivity contribution is 7.92. The van der Waals surface area contributed by atoms with E-state index >= 15 is 0 Å². The highest BCUT2D eigenvalue weighted by Crippen LogP contribution is 2.32. The van der Waals surface area contributed by atoms with E-state index in [2.05, 4.69) is 16.5 Å². The maximum absolute atomic E-state index is 12.8. The molecule has 1 saturated heterocycles. The van der Waals surface area contributed by atoms with E-state index in [9.17, 15) is 18.3 Å². The lowest BCUT2D eigenvalue weighted by molar-refractivity contribution is 0.0697. The van der Waals surface area contributed by atoms with Crippen molar-refractivity contribution in [3.63, 3.8) is 0 Å². The van der Waals surface area contributed by atoms with Gasteiger partial charge < -0.3 is 10.0 Å². The summed E-state index contributed by atoms with van der Waals surface area (Å²) < 4.78 is 28.2. The first-order valence-electron chi connectivity index (χ1n) is 8.98. The van der Waals surface area contributed by atoms with E-state index in [1.54, 1.807) is 30.3 Å². The Morgan fingerprint density at radius 3 is 2.52 bits per heavy atom. The Morgan fingerprint density at radius 1 is 1.19 bits per heavy atom. The molecule has 0 bridgehead atoms. The van der Waals surface area contributed by atoms with E-state index in [0.29, 0.717) is 17.3 Å². The number of nitrogens with zero attached hydrogens (tertiary/aromatic N) is 1. The predicted octanol–water partition coefficient (Wildman–Crippen LogP) is 3.73. The highest BCUT2D eigenvalue weighted by Gasteiger charge is 2.23. The molecule has 0 amide bonds. The van der Waals surface area contributed by atoms with Crippen LogP contribution in [0.15, 0.2) is 47.4 Å². The van der Waals surface area contributed by atoms with Gasteiger partial charge in [0.1, 0.15) is 0 Å². The van der Waals surface area contributed by atoms with Crippen LogP contribution in [0, 0.1) is 12.8 Å². The van der Waals surface area contributed by atoms with Gasteiger partial charge in [0.25, 0.3) is 10.0 Å². The number of sulfonamides is 1. The van der Waals surface area contributed by atoms with Crippen LogP contribution in [0.1, 0.15) is 35.7 Å². The van der Waals surface area contributed by atoms with Crippen LogP contribution < -0.4 is 9.62 Å². The van der Waals surface area contributed by atoms with E-state index in [-0.39, 0.29) is 10.5 Å². The minimum Gasteiger partial charge on any atom is -0.478 e. The van der Waals surface area contributed by atoms with Crippen LogP contribution in [0.25, 0.3) is 0 Å². The van der Waals surface area contributed by atoms with Crippen molar-refractivity contribution in [3.8, 4) is 0 Å². The fraction of sp³-hybridized carbons (Fsp3) is 0.350. The Kier molecular flexibility index (Phi) is 5.41. The lowest BCUT2D eigenvalue weighted by Crippen LogP contribution is -2.35. The molecule has 7 heteroatoms. The van der Waals surface area contributed by atoms with Gasteiger partial charge in [0, 0.05) is 13.1 Å². The Bertz CT molecular complexity index is 939. The molecule has 2 N–H and O–H groups in total. The molecule has 1 aliphatic heterocycles. The standard InChI is InChI=1S/C20H24N2O4S/c1-14-5-8-17(9-6-14)27(25,26)21-18-12-16(20(23)24)7-10-19(18)22-11-3-4-15(2)13-22/h5-10,12,15,21H,3-4,11,13H2,1-2H3,(H,23,24)/t15-/m0/s1. The molecular formula is C20H24N2O4S. The number of nitrogens with one attached hydrogen (secondary N) is 1. The maximum atomic E-state index is 12.8. The molecule has 0 spiro atoms. The zero-order valence-corrected chi connectivity index (χ0v) is 16.3. The van der Waals surface area contributed by atoms with Gasteiger partial charge in [-0.05, 0) is 56.0 Å². The normalized spacial score (nSPS) is 17.6. The molecule has 1 aliphatic rings. The number of carboxylic acid groups (broad SMARTS) is 1. The van der Waals surface area contributed by atoms with Crippen molar-refractivity contribution in [1.29, 1.82) is 0 Å². The van der Waals surface area contributed by atoms with Crippen LogP contribution in [-0.4, -0.2) is 32.6 Å². The van der Waals surface area contributed by atoms with Crippen molar-refractivity contribution in [2.45, 2.75) is 31.6 Å². The second-order valence-electron chi connectivity index (χ2n) is 7.15. The summed E-state index contributed by atoms with van der Waals surface area (Å²) in [7, 11) is -3.82. The fourth-order valence-corrected chi connectivity index (χ4v) is 4.42. The van der Waals surface area contributed by atoms with Crippen LogP contribution in [0.4, 0.5) is 11.4 Å². The number of hydrogen-bond acceptors (Lipinski definition) is 4. The lowest BCUT2D eigenvalue weighted by Gasteiger charge is -2.34. The summed E-state index contributed by atoms with van der Waals surface area (Å²) in [5.41, 5.74) is 2.02. The van der Waals surface area contributed by atoms with Gasteiger partial charge >= 0.3 is 5.97 Å². The topological polar surface area (TPSA) is 86.7 Å². The van der Waals surface area contributed by atoms with Crippen molar-refractivity contribution in [1.82, 2.24) is 0 Å². The maximum Gasteiger partial charge on any atom is 0.335 e. The molecular weight excluding hydrogens is 364 g/mol. The number of carboxylic acids is 1. The zero-order chi connectivity index (χ0) is 19.6. The molecule has 144 valence electrons. The number of aromatic carboxylic acids is 1. The Balaban J connectivity index is 1.99. The number of piperidine rings is 1. The molecule has 3 rings (SSSR count). The Morgan fingerprint density at radius 2 is 1.89 bits per heavy atom. The molecule has 1 heterocycles. The number of rotatable bonds is 5. The second kappa shape index (κ2) is 7.60. The third-order valence-electron chi connectivity index (χ3n) is 4.82. The molecule has 1 atom stereocenters. The van der Waals surface area contributed by atoms with E-state index in [0.717, 1.165) is 31.5 Å². The number of hydrogen-bond donors (Lipinski definition) is 2. The van der Waals surface area contributed by atoms with E-state index in [1.165, 1.54) is 12.1 Å². The minimum atomic E-state index is -3.82. The molecule has 1 fully saturated rings. The first-order chi connectivity index (χ1) is 12.8. The summed E-state index contributed by atoms with van der Waals surface area (Å²) in [5, 5.41) is 9.31. The van der Waals surface area contributed by atoms with Crippen LogP contribution in [-0.2, 0) is 10.0 Å². The van der Waals surface area contributed by atoms with Crippen LogP contribution in [0.2, 0.25) is 0 Å². The zero-order valence-electron chi connectivity index (χ0n) is 15.5. The van der Waals surface area contributed by atoms with Gasteiger partial charge in [-0.1, -0.05) is 24.6 Å². The Labute approximate surface area is 159 Å². The molecule has 2 aromatic carbocycles. The highest BCUT2D eigenvalue weighted by atomic mass is 32.2. The van der Waals surface area contributed by atoms with Crippen LogP contribution in [0.3, 0.4) is 0 Å². The second-order valence-corrected chi connectivity index (χ2v) is 8.83. The number of anilines is 2. The molecule has 0 radical (unpaired) electrons. The van der Waals surface area contributed by atoms with Gasteiger partial charge in [-0.3, -0.25) is 4.72 Å². The van der Waals surface area contributed by atoms with Gasteiger partial charge in [0.2, 0.25) is 0 Å². The van der Waals surface area contributed by atoms with Crippen molar-refractivity contribution >= 4 is 27.4 Å². The smallest absolute Gasteiger partial charge is 0.335 e. The predicted molar refractivity (Wildman–Crippen MR) is 106 cm³/mol. The summed E-state index contributed by atoms with van der Waals surface area (Å²) >= 11 is 0. The molecule has 27 heavy (non-hydrogen) atoms. The van der Waals surface area contributed by atoms with Crippen molar-refractivity contribution in [3.05, 3.63) is 53.6 Å². The molecule has 0 aliphatic carbocycles. The van der Waals surface area contributed by atoms with E-state index in [1.807, 2.05) is 6.92 Å². The van der Waals surface area contributed by atoms with Crippen molar-refractivity contribution in [2.75, 3.05) is 22.7 Å². The molecule has 0 unspecified atom stereocenters. The largest absolute Gasteiger partial charge is 0.478 e. The molecule has 6 nitrogen and oxygen atoms in total. The summed E-state index contributed by atoms with van der Waals surface area (Å²) in [6, 6.07) is 11.1. The first-order valence-corrected chi connectivity index (χ1v) is 10.5. The number of benzene rings is 2. The summed E-state index contributed by atoms with van der Waals surface area (Å²) in [4.78, 5) is 13.6. The van der Waals surface area contributed by atoms with Crippen LogP contribution in [0.5, 0.6) is 0 Å². The monoisotopic (exact) mass is 388 g/mol. The van der Waals surface area contributed by atoms with Gasteiger partial charge in [-0.15, -0.1) is 0 Å². The summed E-state index contributed by atoms with van der Waals surface area (Å²) in [6.07, 6.45) is 2.15. The van der Waals surface area contributed by atoms with E-state index in [4.69, 9.17) is 0 Å². The van der Waals surface area contributed by atoms with Gasteiger partial charge in [-0.2, -0.15) is 0 Å². The number of aryl methyl sites for hydroxylation is 1. The molecule has 2 aromatic rings. The third-order valence-corrected chi connectivity index (χ3v) is 6.20. The molecule has 0 saturated carbocycles. The van der Waals surface area contributed by atoms with Gasteiger partial charge in [-0.25, -0.2) is 13.2 Å². The first kappa shape index (κ1) is 19.2. The van der Waals surface area contributed by atoms with Crippen LogP contribution >= 0.6 is 0 Å². The quantitative estimate of drug-likeness (QED) is 0.815. The van der Waals surface area contributed by atoms with E-state index < -0.39 is 16.0 Å². The van der Waals surface area contributed by atoms with Crippen molar-refractivity contribution < 1.29 is 18.3 Å². The van der Waals surface area contributed by atoms with Gasteiger partial charge in [0.05, 0.1) is 21.8 Å². The summed E-state index contributed by atoms with van der Waals surface area (Å²) in [6.45, 7) is 5.67. The summed E-state index contributed by atoms with van der Waals surface area (Å²) in [5.74, 6) is -0.594. The lowest BCUT2D eigenvalue weighted by atomic mass is 9.99. The minimum absolute atomic E-state index is 0.0467. The Hall–Kier alpha value is -2.54. The average Bonchev–Trinajstić information content (AvgIpc) is 2.61. The average molecular weight is 388 g/mol. The molecule has 0 aromatic heterocycles.